The van der Waals surface area contributed by atoms with E-state index >= 15 is 0 Å². The molecule has 1 aromatic carbocycles. The number of allylic oxidation sites excluding steroid dienone is 2. The van der Waals surface area contributed by atoms with Crippen LogP contribution in [-0.4, -0.2) is 45.0 Å². The average molecular weight is 309 g/mol. The monoisotopic (exact) mass is 309 g/mol. The molecule has 0 radical (unpaired) electrons. The molecular formula is C17H19N5O. The molecule has 0 saturated heterocycles. The summed E-state index contributed by atoms with van der Waals surface area (Å²) in [6, 6.07) is 6.16. The minimum atomic E-state index is 0.00343. The molecule has 6 nitrogen and oxygen atoms in total. The normalized spacial score (nSPS) is 22.7. The summed E-state index contributed by atoms with van der Waals surface area (Å²) in [4.78, 5) is 11.2. The molecule has 1 aromatic heterocycles. The number of fused-ring (bicyclic) bond motifs is 2. The summed E-state index contributed by atoms with van der Waals surface area (Å²) < 4.78 is 2.01. The highest BCUT2D eigenvalue weighted by atomic mass is 16.3. The number of nitrogens with zero attached hydrogens (tertiary/aromatic N) is 4. The van der Waals surface area contributed by atoms with E-state index in [4.69, 9.17) is 5.73 Å². The molecule has 1 aliphatic heterocycles. The number of aliphatic imine (C=N–C) groups is 1. The predicted octanol–water partition coefficient (Wildman–Crippen LogP) is 1.32. The van der Waals surface area contributed by atoms with Crippen LogP contribution >= 0.6 is 0 Å². The Kier molecular flexibility index (Phi) is 3.20. The first-order chi connectivity index (χ1) is 11.2. The van der Waals surface area contributed by atoms with Crippen LogP contribution in [0, 0.1) is 0 Å². The van der Waals surface area contributed by atoms with Gasteiger partial charge in [-0.15, -0.1) is 0 Å². The molecule has 0 bridgehead atoms. The molecule has 0 spiro atoms. The van der Waals surface area contributed by atoms with Gasteiger partial charge in [-0.3, -0.25) is 4.99 Å². The van der Waals surface area contributed by atoms with Crippen LogP contribution in [0.2, 0.25) is 0 Å². The van der Waals surface area contributed by atoms with Gasteiger partial charge in [0.25, 0.3) is 0 Å². The van der Waals surface area contributed by atoms with E-state index in [0.717, 1.165) is 16.6 Å². The summed E-state index contributed by atoms with van der Waals surface area (Å²) in [6.45, 7) is 0.668. The summed E-state index contributed by atoms with van der Waals surface area (Å²) in [5, 5.41) is 9.26. The summed E-state index contributed by atoms with van der Waals surface area (Å²) in [7, 11) is 2.04. The Morgan fingerprint density at radius 3 is 3.04 bits per heavy atom. The number of likely N-dealkylation sites (N-methyl/N-ethyl adjacent to an activating group) is 1. The SMILES string of the molecule is CN1C=NC2C(Cn3c(N)nc4cc(CO)ccc43)=CC=CC21. The van der Waals surface area contributed by atoms with Gasteiger partial charge in [-0.1, -0.05) is 24.3 Å². The highest BCUT2D eigenvalue weighted by Gasteiger charge is 2.31. The molecule has 0 saturated carbocycles. The maximum Gasteiger partial charge on any atom is 0.201 e. The minimum absolute atomic E-state index is 0.00343. The van der Waals surface area contributed by atoms with E-state index in [1.165, 1.54) is 5.57 Å². The Morgan fingerprint density at radius 1 is 1.35 bits per heavy atom. The van der Waals surface area contributed by atoms with Crippen LogP contribution in [0.3, 0.4) is 0 Å². The highest BCUT2D eigenvalue weighted by molar-refractivity contribution is 5.79. The van der Waals surface area contributed by atoms with E-state index in [2.05, 4.69) is 33.1 Å². The zero-order valence-electron chi connectivity index (χ0n) is 12.9. The first kappa shape index (κ1) is 14.0. The summed E-state index contributed by atoms with van der Waals surface area (Å²) in [5.74, 6) is 0.484. The van der Waals surface area contributed by atoms with Gasteiger partial charge in [-0.05, 0) is 23.3 Å². The van der Waals surface area contributed by atoms with Gasteiger partial charge in [-0.2, -0.15) is 0 Å². The lowest BCUT2D eigenvalue weighted by atomic mass is 9.95. The Balaban J connectivity index is 1.70. The van der Waals surface area contributed by atoms with E-state index in [9.17, 15) is 5.11 Å². The lowest BCUT2D eigenvalue weighted by molar-refractivity contribution is 0.282. The Morgan fingerprint density at radius 2 is 2.22 bits per heavy atom. The number of aliphatic hydroxyl groups is 1. The Labute approximate surface area is 134 Å². The maximum atomic E-state index is 9.26. The average Bonchev–Trinajstić information content (AvgIpc) is 3.08. The van der Waals surface area contributed by atoms with Gasteiger partial charge >= 0.3 is 0 Å². The van der Waals surface area contributed by atoms with Crippen molar-refractivity contribution in [1.29, 1.82) is 0 Å². The maximum absolute atomic E-state index is 9.26. The quantitative estimate of drug-likeness (QED) is 0.896. The standard InChI is InChI=1S/C17H19N5O/c1-21-10-19-16-12(3-2-4-15(16)21)8-22-14-6-5-11(9-23)7-13(14)20-17(22)18/h2-7,10,15-16,23H,8-9H2,1H3,(H2,18,20). The second kappa shape index (κ2) is 5.24. The van der Waals surface area contributed by atoms with E-state index in [-0.39, 0.29) is 18.7 Å². The first-order valence-corrected chi connectivity index (χ1v) is 7.65. The summed E-state index contributed by atoms with van der Waals surface area (Å²) in [6.07, 6.45) is 8.26. The molecule has 2 aliphatic rings. The largest absolute Gasteiger partial charge is 0.392 e. The number of nitrogens with two attached hydrogens (primary N) is 1. The van der Waals surface area contributed by atoms with E-state index in [0.29, 0.717) is 12.5 Å². The zero-order valence-corrected chi connectivity index (χ0v) is 12.9. The van der Waals surface area contributed by atoms with Crippen LogP contribution in [0.4, 0.5) is 5.95 Å². The van der Waals surface area contributed by atoms with Crippen molar-refractivity contribution in [2.24, 2.45) is 4.99 Å². The third kappa shape index (κ3) is 2.22. The number of aliphatic hydroxyl groups excluding tert-OH is 1. The Bertz CT molecular complexity index is 848. The van der Waals surface area contributed by atoms with Crippen LogP contribution in [0.25, 0.3) is 11.0 Å². The zero-order chi connectivity index (χ0) is 16.0. The van der Waals surface area contributed by atoms with E-state index in [1.807, 2.05) is 36.2 Å². The van der Waals surface area contributed by atoms with Crippen molar-refractivity contribution in [2.75, 3.05) is 12.8 Å². The van der Waals surface area contributed by atoms with Gasteiger partial charge in [0.1, 0.15) is 0 Å². The van der Waals surface area contributed by atoms with Crippen LogP contribution in [-0.2, 0) is 13.2 Å². The highest BCUT2D eigenvalue weighted by Crippen LogP contribution is 2.28. The topological polar surface area (TPSA) is 79.7 Å². The predicted molar refractivity (Wildman–Crippen MR) is 91.1 cm³/mol. The van der Waals surface area contributed by atoms with E-state index < -0.39 is 0 Å². The lowest BCUT2D eigenvalue weighted by Crippen LogP contribution is -2.35. The number of imidazole rings is 1. The smallest absolute Gasteiger partial charge is 0.201 e. The Hall–Kier alpha value is -2.60. The fraction of sp³-hybridized carbons (Fsp3) is 0.294. The molecule has 4 rings (SSSR count). The van der Waals surface area contributed by atoms with Gasteiger partial charge in [0.2, 0.25) is 5.95 Å². The number of nitrogen functional groups attached to an aromatic ring is 1. The number of benzene rings is 1. The molecule has 1 aliphatic carbocycles. The molecule has 0 amide bonds. The number of aromatic nitrogens is 2. The number of hydrogen-bond acceptors (Lipinski definition) is 5. The van der Waals surface area contributed by atoms with Crippen molar-refractivity contribution in [3.05, 3.63) is 47.6 Å². The number of hydrogen-bond donors (Lipinski definition) is 2. The third-order valence-electron chi connectivity index (χ3n) is 4.57. The van der Waals surface area contributed by atoms with Crippen molar-refractivity contribution in [3.63, 3.8) is 0 Å². The molecule has 2 aromatic rings. The molecule has 2 heterocycles. The number of anilines is 1. The number of rotatable bonds is 3. The molecule has 2 atom stereocenters. The van der Waals surface area contributed by atoms with Crippen molar-refractivity contribution < 1.29 is 5.11 Å². The van der Waals surface area contributed by atoms with E-state index in [1.54, 1.807) is 0 Å². The summed E-state index contributed by atoms with van der Waals surface area (Å²) in [5.41, 5.74) is 9.96. The lowest BCUT2D eigenvalue weighted by Gasteiger charge is -2.26. The molecule has 0 fully saturated rings. The molecule has 3 N–H and O–H groups in total. The van der Waals surface area contributed by atoms with Crippen molar-refractivity contribution in [3.8, 4) is 0 Å². The van der Waals surface area contributed by atoms with Crippen LogP contribution in [0.1, 0.15) is 5.56 Å². The molecule has 23 heavy (non-hydrogen) atoms. The van der Waals surface area contributed by atoms with Crippen molar-refractivity contribution in [2.45, 2.75) is 25.2 Å². The van der Waals surface area contributed by atoms with Crippen LogP contribution in [0.15, 0.2) is 47.0 Å². The third-order valence-corrected chi connectivity index (χ3v) is 4.57. The van der Waals surface area contributed by atoms with Gasteiger partial charge in [0.05, 0.1) is 36.1 Å². The van der Waals surface area contributed by atoms with Crippen LogP contribution in [0.5, 0.6) is 0 Å². The van der Waals surface area contributed by atoms with Gasteiger partial charge in [0.15, 0.2) is 0 Å². The van der Waals surface area contributed by atoms with Gasteiger partial charge in [-0.25, -0.2) is 4.98 Å². The van der Waals surface area contributed by atoms with Crippen LogP contribution < -0.4 is 5.73 Å². The fourth-order valence-corrected chi connectivity index (χ4v) is 3.30. The fourth-order valence-electron chi connectivity index (χ4n) is 3.30. The first-order valence-electron chi connectivity index (χ1n) is 7.65. The molecular weight excluding hydrogens is 290 g/mol. The van der Waals surface area contributed by atoms with Crippen molar-refractivity contribution >= 4 is 23.3 Å². The molecule has 118 valence electrons. The molecule has 2 unspecified atom stereocenters. The molecule has 6 heteroatoms. The van der Waals surface area contributed by atoms with Crippen molar-refractivity contribution in [1.82, 2.24) is 14.5 Å². The minimum Gasteiger partial charge on any atom is -0.392 e. The second-order valence-corrected chi connectivity index (χ2v) is 6.03. The van der Waals surface area contributed by atoms with Gasteiger partial charge in [0, 0.05) is 13.6 Å². The summed E-state index contributed by atoms with van der Waals surface area (Å²) >= 11 is 0. The van der Waals surface area contributed by atoms with Gasteiger partial charge < -0.3 is 20.3 Å². The second-order valence-electron chi connectivity index (χ2n) is 6.03.